The first-order valence-electron chi connectivity index (χ1n) is 7.71. The van der Waals surface area contributed by atoms with Crippen LogP contribution < -0.4 is 21.1 Å². The summed E-state index contributed by atoms with van der Waals surface area (Å²) in [5, 5.41) is 4.73. The van der Waals surface area contributed by atoms with Crippen molar-refractivity contribution in [1.82, 2.24) is 10.6 Å². The zero-order valence-electron chi connectivity index (χ0n) is 13.7. The number of benzene rings is 2. The van der Waals surface area contributed by atoms with Crippen LogP contribution in [0.25, 0.3) is 0 Å². The summed E-state index contributed by atoms with van der Waals surface area (Å²) in [7, 11) is 0. The number of amides is 4. The molecule has 0 aliphatic rings. The van der Waals surface area contributed by atoms with Crippen LogP contribution in [0, 0.1) is 0 Å². The van der Waals surface area contributed by atoms with E-state index in [2.05, 4.69) is 10.6 Å². The van der Waals surface area contributed by atoms with Gasteiger partial charge in [0.25, 0.3) is 5.91 Å². The lowest BCUT2D eigenvalue weighted by Crippen LogP contribution is -2.42. The van der Waals surface area contributed by atoms with Crippen molar-refractivity contribution in [3.63, 3.8) is 0 Å². The molecule has 0 bridgehead atoms. The van der Waals surface area contributed by atoms with Crippen molar-refractivity contribution in [1.29, 1.82) is 0 Å². The first-order chi connectivity index (χ1) is 12.0. The van der Waals surface area contributed by atoms with E-state index >= 15 is 0 Å². The summed E-state index contributed by atoms with van der Waals surface area (Å²) in [4.78, 5) is 35.2. The van der Waals surface area contributed by atoms with Crippen LogP contribution in [-0.2, 0) is 4.79 Å². The number of imide groups is 1. The lowest BCUT2D eigenvalue weighted by atomic mass is 10.1. The molecule has 2 aromatic carbocycles. The van der Waals surface area contributed by atoms with Gasteiger partial charge in [-0.3, -0.25) is 14.9 Å². The van der Waals surface area contributed by atoms with E-state index < -0.39 is 23.9 Å². The maximum Gasteiger partial charge on any atom is 0.321 e. The van der Waals surface area contributed by atoms with E-state index in [4.69, 9.17) is 10.5 Å². The number of urea groups is 1. The Balaban J connectivity index is 2.21. The highest BCUT2D eigenvalue weighted by Gasteiger charge is 2.24. The van der Waals surface area contributed by atoms with Gasteiger partial charge in [-0.1, -0.05) is 30.3 Å². The fourth-order valence-electron chi connectivity index (χ4n) is 2.12. The molecule has 0 radical (unpaired) electrons. The average molecular weight is 341 g/mol. The molecule has 0 saturated heterocycles. The topological polar surface area (TPSA) is 111 Å². The molecular formula is C18H19N3O4. The number of carbonyl (C=O) groups is 3. The van der Waals surface area contributed by atoms with E-state index in [0.717, 1.165) is 0 Å². The van der Waals surface area contributed by atoms with Crippen molar-refractivity contribution in [3.05, 3.63) is 65.7 Å². The summed E-state index contributed by atoms with van der Waals surface area (Å²) in [5.41, 5.74) is 6.11. The van der Waals surface area contributed by atoms with E-state index in [-0.39, 0.29) is 0 Å². The normalized spacial score (nSPS) is 11.2. The second-order valence-electron chi connectivity index (χ2n) is 5.15. The third kappa shape index (κ3) is 5.07. The molecule has 1 atom stereocenters. The monoisotopic (exact) mass is 341 g/mol. The molecule has 2 aromatic rings. The lowest BCUT2D eigenvalue weighted by molar-refractivity contribution is -0.127. The van der Waals surface area contributed by atoms with Gasteiger partial charge in [0.15, 0.2) is 0 Å². The van der Waals surface area contributed by atoms with Gasteiger partial charge < -0.3 is 15.8 Å². The number of rotatable bonds is 6. The molecule has 4 amide bonds. The molecule has 25 heavy (non-hydrogen) atoms. The number of nitrogens with two attached hydrogens (primary N) is 1. The number of nitrogens with one attached hydrogen (secondary N) is 2. The minimum Gasteiger partial charge on any atom is -0.476 e. The molecule has 130 valence electrons. The minimum atomic E-state index is -1.02. The summed E-state index contributed by atoms with van der Waals surface area (Å²) in [6.45, 7) is 2.14. The quantitative estimate of drug-likeness (QED) is 0.743. The molecular weight excluding hydrogens is 322 g/mol. The molecule has 0 unspecified atom stereocenters. The van der Waals surface area contributed by atoms with Gasteiger partial charge in [0.05, 0.1) is 0 Å². The molecule has 7 heteroatoms. The predicted molar refractivity (Wildman–Crippen MR) is 92.0 cm³/mol. The second-order valence-corrected chi connectivity index (χ2v) is 5.15. The number of hydrogen-bond acceptors (Lipinski definition) is 4. The van der Waals surface area contributed by atoms with Crippen molar-refractivity contribution in [2.45, 2.75) is 13.0 Å². The molecule has 0 aliphatic heterocycles. The van der Waals surface area contributed by atoms with Crippen molar-refractivity contribution in [2.75, 3.05) is 6.54 Å². The highest BCUT2D eigenvalue weighted by molar-refractivity contribution is 5.97. The van der Waals surface area contributed by atoms with Crippen molar-refractivity contribution >= 4 is 17.8 Å². The largest absolute Gasteiger partial charge is 0.476 e. The third-order valence-electron chi connectivity index (χ3n) is 3.31. The summed E-state index contributed by atoms with van der Waals surface area (Å²) >= 11 is 0. The van der Waals surface area contributed by atoms with E-state index in [1.54, 1.807) is 31.2 Å². The molecule has 0 heterocycles. The van der Waals surface area contributed by atoms with Crippen LogP contribution in [-0.4, -0.2) is 24.4 Å². The van der Waals surface area contributed by atoms with Gasteiger partial charge in [-0.2, -0.15) is 0 Å². The molecule has 0 spiro atoms. The second kappa shape index (κ2) is 8.49. The fourth-order valence-corrected chi connectivity index (χ4v) is 2.12. The molecule has 0 aliphatic carbocycles. The van der Waals surface area contributed by atoms with Crippen LogP contribution in [0.15, 0.2) is 54.6 Å². The number of carbonyl (C=O) groups excluding carboxylic acids is 3. The molecule has 0 aromatic heterocycles. The van der Waals surface area contributed by atoms with Gasteiger partial charge in [-0.25, -0.2) is 4.79 Å². The number of primary amides is 1. The smallest absolute Gasteiger partial charge is 0.321 e. The third-order valence-corrected chi connectivity index (χ3v) is 3.31. The van der Waals surface area contributed by atoms with Gasteiger partial charge in [0.1, 0.15) is 5.75 Å². The van der Waals surface area contributed by atoms with Gasteiger partial charge in [0.2, 0.25) is 12.0 Å². The molecule has 4 N–H and O–H groups in total. The lowest BCUT2D eigenvalue weighted by Gasteiger charge is -2.19. The summed E-state index contributed by atoms with van der Waals surface area (Å²) in [6, 6.07) is 14.3. The van der Waals surface area contributed by atoms with Crippen LogP contribution in [0.4, 0.5) is 4.79 Å². The van der Waals surface area contributed by atoms with E-state index in [1.807, 2.05) is 6.07 Å². The van der Waals surface area contributed by atoms with Crippen LogP contribution in [0.2, 0.25) is 0 Å². The maximum atomic E-state index is 12.4. The Morgan fingerprint density at radius 3 is 2.24 bits per heavy atom. The Morgan fingerprint density at radius 1 is 1.04 bits per heavy atom. The van der Waals surface area contributed by atoms with E-state index in [1.165, 1.54) is 24.3 Å². The molecule has 0 saturated carbocycles. The average Bonchev–Trinajstić information content (AvgIpc) is 2.61. The van der Waals surface area contributed by atoms with Gasteiger partial charge in [-0.05, 0) is 31.2 Å². The van der Waals surface area contributed by atoms with Crippen molar-refractivity contribution in [3.8, 4) is 5.75 Å². The van der Waals surface area contributed by atoms with Crippen LogP contribution in [0.3, 0.4) is 0 Å². The Hall–Kier alpha value is -3.35. The summed E-state index contributed by atoms with van der Waals surface area (Å²) in [6.07, 6.45) is -1.02. The Morgan fingerprint density at radius 2 is 1.68 bits per heavy atom. The molecule has 0 fully saturated rings. The maximum absolute atomic E-state index is 12.4. The van der Waals surface area contributed by atoms with Gasteiger partial charge in [0, 0.05) is 17.7 Å². The van der Waals surface area contributed by atoms with Gasteiger partial charge >= 0.3 is 6.03 Å². The first kappa shape index (κ1) is 18.0. The van der Waals surface area contributed by atoms with Crippen molar-refractivity contribution in [2.24, 2.45) is 5.73 Å². The Bertz CT molecular complexity index is 745. The zero-order valence-corrected chi connectivity index (χ0v) is 13.7. The zero-order chi connectivity index (χ0) is 18.2. The van der Waals surface area contributed by atoms with Gasteiger partial charge in [-0.15, -0.1) is 0 Å². The van der Waals surface area contributed by atoms with E-state index in [9.17, 15) is 14.4 Å². The first-order valence-corrected chi connectivity index (χ1v) is 7.71. The fraction of sp³-hybridized carbons (Fsp3) is 0.167. The molecule has 7 nitrogen and oxygen atoms in total. The number of hydrogen-bond donors (Lipinski definition) is 3. The van der Waals surface area contributed by atoms with Crippen LogP contribution in [0.5, 0.6) is 5.75 Å². The van der Waals surface area contributed by atoms with Crippen LogP contribution in [0.1, 0.15) is 28.9 Å². The Labute approximate surface area is 145 Å². The standard InChI is InChI=1S/C18H19N3O4/c1-2-20-18(24)21-17(23)15(12-6-4-3-5-7-12)25-14-10-8-13(9-11-14)16(19)22/h3-11,15H,2H2,1H3,(H2,19,22)(H2,20,21,23,24)/t15-/m1/s1. The minimum absolute atomic E-state index is 0.329. The molecule has 2 rings (SSSR count). The van der Waals surface area contributed by atoms with E-state index in [0.29, 0.717) is 23.4 Å². The summed E-state index contributed by atoms with van der Waals surface area (Å²) < 4.78 is 5.73. The van der Waals surface area contributed by atoms with Crippen LogP contribution >= 0.6 is 0 Å². The van der Waals surface area contributed by atoms with Crippen molar-refractivity contribution < 1.29 is 19.1 Å². The highest BCUT2D eigenvalue weighted by Crippen LogP contribution is 2.22. The SMILES string of the molecule is CCNC(=O)NC(=O)[C@H](Oc1ccc(C(N)=O)cc1)c1ccccc1. The predicted octanol–water partition coefficient (Wildman–Crippen LogP) is 1.75. The number of ether oxygens (including phenoxy) is 1. The summed E-state index contributed by atoms with van der Waals surface area (Å²) in [5.74, 6) is -0.791. The Kier molecular flexibility index (Phi) is 6.11. The highest BCUT2D eigenvalue weighted by atomic mass is 16.5.